The molecule has 2 unspecified atom stereocenters. The van der Waals surface area contributed by atoms with Crippen LogP contribution in [0.3, 0.4) is 0 Å². The highest BCUT2D eigenvalue weighted by molar-refractivity contribution is 5.33. The maximum Gasteiger partial charge on any atom is 0.148 e. The molecule has 118 valence electrons. The molecule has 0 amide bonds. The number of hydrogen-bond donors (Lipinski definition) is 3. The molecule has 1 aromatic rings. The lowest BCUT2D eigenvalue weighted by molar-refractivity contribution is 0.0488. The molecule has 0 bridgehead atoms. The van der Waals surface area contributed by atoms with Gasteiger partial charge < -0.3 is 15.3 Å². The van der Waals surface area contributed by atoms with Crippen molar-refractivity contribution in [2.45, 2.75) is 25.6 Å². The normalized spacial score (nSPS) is 28.1. The van der Waals surface area contributed by atoms with E-state index in [2.05, 4.69) is 10.6 Å². The topological polar surface area (TPSA) is 47.5 Å². The van der Waals surface area contributed by atoms with E-state index in [0.29, 0.717) is 18.8 Å². The van der Waals surface area contributed by atoms with Gasteiger partial charge in [0.15, 0.2) is 0 Å². The first-order chi connectivity index (χ1) is 10.5. The fourth-order valence-electron chi connectivity index (χ4n) is 3.11. The Balaban J connectivity index is 1.90. The van der Waals surface area contributed by atoms with Gasteiger partial charge in [-0.3, -0.25) is 5.32 Å². The van der Waals surface area contributed by atoms with E-state index in [1.54, 1.807) is 6.92 Å². The number of aliphatic hydroxyl groups excluding tert-OH is 1. The number of nitrogens with zero attached hydrogens (tertiary/aromatic N) is 1. The molecule has 22 heavy (non-hydrogen) atoms. The van der Waals surface area contributed by atoms with Crippen molar-refractivity contribution < 1.29 is 9.50 Å². The highest BCUT2D eigenvalue weighted by Gasteiger charge is 2.38. The second-order valence-corrected chi connectivity index (χ2v) is 6.12. The minimum Gasteiger partial charge on any atom is -0.370 e. The van der Waals surface area contributed by atoms with Crippen molar-refractivity contribution in [3.05, 3.63) is 59.1 Å². The number of aryl methyl sites for hydroxylation is 1. The Hall–Kier alpha value is -1.69. The van der Waals surface area contributed by atoms with Crippen LogP contribution < -0.4 is 10.6 Å². The summed E-state index contributed by atoms with van der Waals surface area (Å²) in [5.41, 5.74) is 2.24. The zero-order chi connectivity index (χ0) is 15.7. The lowest BCUT2D eigenvalue weighted by Gasteiger charge is -2.38. The Kier molecular flexibility index (Phi) is 4.04. The van der Waals surface area contributed by atoms with Crippen molar-refractivity contribution in [1.29, 1.82) is 0 Å². The standard InChI is InChI=1S/C17H22FN3O/c1-12-4-3-7-21(16(12)22)10-17(9-19-11-20-17)14-5-6-15(18)13(2)8-14/h3-8,16,19-20,22H,9-11H2,1-2H3. The summed E-state index contributed by atoms with van der Waals surface area (Å²) in [6, 6.07) is 5.23. The van der Waals surface area contributed by atoms with Crippen LogP contribution in [0.25, 0.3) is 0 Å². The Morgan fingerprint density at radius 1 is 1.41 bits per heavy atom. The summed E-state index contributed by atoms with van der Waals surface area (Å²) < 4.78 is 13.6. The molecule has 3 rings (SSSR count). The third-order valence-electron chi connectivity index (χ3n) is 4.50. The molecule has 2 heterocycles. The molecular weight excluding hydrogens is 281 g/mol. The van der Waals surface area contributed by atoms with Crippen LogP contribution in [-0.2, 0) is 5.54 Å². The molecular formula is C17H22FN3O. The molecule has 1 saturated heterocycles. The smallest absolute Gasteiger partial charge is 0.148 e. The van der Waals surface area contributed by atoms with Crippen LogP contribution in [0.4, 0.5) is 4.39 Å². The third kappa shape index (κ3) is 2.67. The number of halogens is 1. The summed E-state index contributed by atoms with van der Waals surface area (Å²) in [4.78, 5) is 1.91. The maximum atomic E-state index is 13.6. The second-order valence-electron chi connectivity index (χ2n) is 6.12. The second kappa shape index (κ2) is 5.83. The van der Waals surface area contributed by atoms with Crippen molar-refractivity contribution in [3.8, 4) is 0 Å². The Bertz CT molecular complexity index is 620. The van der Waals surface area contributed by atoms with Gasteiger partial charge >= 0.3 is 0 Å². The van der Waals surface area contributed by atoms with Crippen LogP contribution in [0, 0.1) is 12.7 Å². The molecule has 0 spiro atoms. The van der Waals surface area contributed by atoms with Gasteiger partial charge in [-0.2, -0.15) is 0 Å². The lowest BCUT2D eigenvalue weighted by Crippen LogP contribution is -2.51. The predicted molar refractivity (Wildman–Crippen MR) is 84.4 cm³/mol. The van der Waals surface area contributed by atoms with Gasteiger partial charge in [-0.1, -0.05) is 18.2 Å². The van der Waals surface area contributed by atoms with Gasteiger partial charge in [0, 0.05) is 26.0 Å². The first-order valence-corrected chi connectivity index (χ1v) is 7.53. The molecule has 5 heteroatoms. The number of rotatable bonds is 3. The third-order valence-corrected chi connectivity index (χ3v) is 4.50. The van der Waals surface area contributed by atoms with E-state index >= 15 is 0 Å². The summed E-state index contributed by atoms with van der Waals surface area (Å²) in [6.45, 7) is 5.72. The molecule has 1 aromatic carbocycles. The van der Waals surface area contributed by atoms with Crippen molar-refractivity contribution in [3.63, 3.8) is 0 Å². The molecule has 0 saturated carbocycles. The average Bonchev–Trinajstić information content (AvgIpc) is 2.96. The van der Waals surface area contributed by atoms with E-state index < -0.39 is 6.23 Å². The summed E-state index contributed by atoms with van der Waals surface area (Å²) in [7, 11) is 0. The van der Waals surface area contributed by atoms with Crippen molar-refractivity contribution in [2.75, 3.05) is 19.8 Å². The molecule has 0 aromatic heterocycles. The van der Waals surface area contributed by atoms with Gasteiger partial charge in [0.05, 0.1) is 5.54 Å². The zero-order valence-corrected chi connectivity index (χ0v) is 12.9. The average molecular weight is 303 g/mol. The minimum absolute atomic E-state index is 0.193. The van der Waals surface area contributed by atoms with Crippen LogP contribution in [0.15, 0.2) is 42.1 Å². The van der Waals surface area contributed by atoms with Gasteiger partial charge in [-0.25, -0.2) is 4.39 Å². The number of nitrogens with one attached hydrogen (secondary N) is 2. The minimum atomic E-state index is -0.620. The lowest BCUT2D eigenvalue weighted by atomic mass is 9.88. The molecule has 4 nitrogen and oxygen atoms in total. The van der Waals surface area contributed by atoms with E-state index in [1.165, 1.54) is 6.07 Å². The van der Waals surface area contributed by atoms with Crippen LogP contribution in [0.1, 0.15) is 18.1 Å². The van der Waals surface area contributed by atoms with Crippen LogP contribution >= 0.6 is 0 Å². The highest BCUT2D eigenvalue weighted by Crippen LogP contribution is 2.28. The highest BCUT2D eigenvalue weighted by atomic mass is 19.1. The number of hydrogen-bond acceptors (Lipinski definition) is 4. The van der Waals surface area contributed by atoms with Crippen molar-refractivity contribution in [2.24, 2.45) is 0 Å². The van der Waals surface area contributed by atoms with E-state index in [0.717, 1.165) is 17.7 Å². The van der Waals surface area contributed by atoms with Crippen LogP contribution in [0.2, 0.25) is 0 Å². The number of aliphatic hydroxyl groups is 1. The molecule has 1 fully saturated rings. The fourth-order valence-corrected chi connectivity index (χ4v) is 3.11. The summed E-state index contributed by atoms with van der Waals surface area (Å²) >= 11 is 0. The molecule has 2 atom stereocenters. The summed E-state index contributed by atoms with van der Waals surface area (Å²) in [6.07, 6.45) is 5.13. The predicted octanol–water partition coefficient (Wildman–Crippen LogP) is 1.57. The quantitative estimate of drug-likeness (QED) is 0.793. The first kappa shape index (κ1) is 15.2. The van der Waals surface area contributed by atoms with Gasteiger partial charge in [-0.05, 0) is 42.7 Å². The Morgan fingerprint density at radius 2 is 2.23 bits per heavy atom. The van der Waals surface area contributed by atoms with E-state index in [-0.39, 0.29) is 11.4 Å². The Morgan fingerprint density at radius 3 is 2.91 bits per heavy atom. The van der Waals surface area contributed by atoms with Crippen molar-refractivity contribution >= 4 is 0 Å². The maximum absolute atomic E-state index is 13.6. The van der Waals surface area contributed by atoms with Gasteiger partial charge in [0.1, 0.15) is 12.0 Å². The van der Waals surface area contributed by atoms with E-state index in [9.17, 15) is 9.50 Å². The van der Waals surface area contributed by atoms with Gasteiger partial charge in [0.2, 0.25) is 0 Å². The van der Waals surface area contributed by atoms with Crippen LogP contribution in [-0.4, -0.2) is 36.0 Å². The number of allylic oxidation sites excluding steroid dienone is 2. The van der Waals surface area contributed by atoms with Gasteiger partial charge in [-0.15, -0.1) is 0 Å². The SMILES string of the molecule is CC1=CC=CN(CC2(c3ccc(F)c(C)c3)CNCN2)C1O. The van der Waals surface area contributed by atoms with E-state index in [4.69, 9.17) is 0 Å². The van der Waals surface area contributed by atoms with Crippen LogP contribution in [0.5, 0.6) is 0 Å². The molecule has 2 aliphatic rings. The van der Waals surface area contributed by atoms with Gasteiger partial charge in [0.25, 0.3) is 0 Å². The molecule has 0 aliphatic carbocycles. The Labute approximate surface area is 130 Å². The molecule has 2 aliphatic heterocycles. The summed E-state index contributed by atoms with van der Waals surface area (Å²) in [5.74, 6) is -0.193. The largest absolute Gasteiger partial charge is 0.370 e. The van der Waals surface area contributed by atoms with E-state index in [1.807, 2.05) is 42.3 Å². The van der Waals surface area contributed by atoms with Crippen molar-refractivity contribution in [1.82, 2.24) is 15.5 Å². The fraction of sp³-hybridized carbons (Fsp3) is 0.412. The molecule has 3 N–H and O–H groups in total. The zero-order valence-electron chi connectivity index (χ0n) is 12.9. The molecule has 0 radical (unpaired) electrons. The monoisotopic (exact) mass is 303 g/mol. The number of benzene rings is 1. The summed E-state index contributed by atoms with van der Waals surface area (Å²) in [5, 5.41) is 17.1. The first-order valence-electron chi connectivity index (χ1n) is 7.53.